The summed E-state index contributed by atoms with van der Waals surface area (Å²) in [5.41, 5.74) is 18.5. The summed E-state index contributed by atoms with van der Waals surface area (Å²) in [5, 5.41) is 3.66. The van der Waals surface area contributed by atoms with E-state index < -0.39 is 0 Å². The van der Waals surface area contributed by atoms with Gasteiger partial charge in [-0.05, 0) is 115 Å². The third-order valence-corrected chi connectivity index (χ3v) is 8.46. The molecular weight excluding hydrogens is 508 g/mol. The van der Waals surface area contributed by atoms with Crippen molar-refractivity contribution in [3.05, 3.63) is 124 Å². The van der Waals surface area contributed by atoms with Crippen LogP contribution in [-0.4, -0.2) is 4.98 Å². The number of hydrogen-bond donors (Lipinski definition) is 1. The van der Waals surface area contributed by atoms with Crippen molar-refractivity contribution in [2.45, 2.75) is 74.1 Å². The van der Waals surface area contributed by atoms with Crippen LogP contribution < -0.4 is 5.32 Å². The Labute approximate surface area is 252 Å². The molecule has 1 aromatic heterocycles. The van der Waals surface area contributed by atoms with E-state index in [1.54, 1.807) is 0 Å². The molecule has 0 aliphatic heterocycles. The van der Waals surface area contributed by atoms with Crippen molar-refractivity contribution in [1.29, 1.82) is 0 Å². The zero-order chi connectivity index (χ0) is 29.8. The van der Waals surface area contributed by atoms with E-state index in [4.69, 9.17) is 4.98 Å². The molecular formula is C40H44N2. The summed E-state index contributed by atoms with van der Waals surface area (Å²) in [6, 6.07) is 31.6. The molecule has 0 spiro atoms. The van der Waals surface area contributed by atoms with Gasteiger partial charge in [0, 0.05) is 22.5 Å². The highest BCUT2D eigenvalue weighted by Gasteiger charge is 2.14. The molecule has 4 aromatic carbocycles. The first-order valence-corrected chi connectivity index (χ1v) is 15.5. The summed E-state index contributed by atoms with van der Waals surface area (Å²) in [6.45, 7) is 15.4. The van der Waals surface area contributed by atoms with Gasteiger partial charge in [-0.25, -0.2) is 4.98 Å². The number of nitrogens with one attached hydrogen (secondary N) is 1. The van der Waals surface area contributed by atoms with Gasteiger partial charge in [0.15, 0.2) is 0 Å². The normalized spacial score (nSPS) is 11.1. The Morgan fingerprint density at radius 3 is 1.48 bits per heavy atom. The predicted octanol–water partition coefficient (Wildman–Crippen LogP) is 11.0. The number of pyridine rings is 1. The van der Waals surface area contributed by atoms with Gasteiger partial charge < -0.3 is 5.32 Å². The van der Waals surface area contributed by atoms with Crippen molar-refractivity contribution in [2.75, 3.05) is 5.32 Å². The van der Waals surface area contributed by atoms with Crippen LogP contribution in [0, 0.1) is 20.8 Å². The van der Waals surface area contributed by atoms with Crippen LogP contribution in [0.3, 0.4) is 0 Å². The highest BCUT2D eigenvalue weighted by atomic mass is 14.9. The smallest absolute Gasteiger partial charge is 0.0718 e. The third-order valence-electron chi connectivity index (χ3n) is 8.46. The minimum absolute atomic E-state index is 0.980. The van der Waals surface area contributed by atoms with E-state index in [-0.39, 0.29) is 0 Å². The van der Waals surface area contributed by atoms with Gasteiger partial charge in [0.2, 0.25) is 0 Å². The highest BCUT2D eigenvalue weighted by molar-refractivity contribution is 5.80. The molecule has 214 valence electrons. The number of aromatic nitrogens is 1. The summed E-state index contributed by atoms with van der Waals surface area (Å²) in [6.07, 6.45) is 4.04. The van der Waals surface area contributed by atoms with E-state index in [9.17, 15) is 0 Å². The van der Waals surface area contributed by atoms with Crippen molar-refractivity contribution in [1.82, 2.24) is 4.98 Å². The second-order valence-electron chi connectivity index (χ2n) is 11.5. The van der Waals surface area contributed by atoms with Crippen molar-refractivity contribution >= 4 is 11.4 Å². The zero-order valence-corrected chi connectivity index (χ0v) is 26.4. The first kappa shape index (κ1) is 29.3. The Bertz CT molecular complexity index is 1610. The first-order chi connectivity index (χ1) is 20.3. The molecule has 0 radical (unpaired) electrons. The molecule has 42 heavy (non-hydrogen) atoms. The summed E-state index contributed by atoms with van der Waals surface area (Å²) in [5.74, 6) is 0. The Kier molecular flexibility index (Phi) is 8.92. The average Bonchev–Trinajstić information content (AvgIpc) is 3.02. The SMILES string of the molecule is CCc1ccc(-c2cc(-c3ccc(Nc4c(C)cc(C)cc4C)cc3)cc(-c3ccc(CC)cc3CC)n2)c(CC)c1. The van der Waals surface area contributed by atoms with E-state index in [0.29, 0.717) is 0 Å². The van der Waals surface area contributed by atoms with Gasteiger partial charge in [-0.2, -0.15) is 0 Å². The number of aryl methyl sites for hydroxylation is 7. The molecule has 0 aliphatic rings. The van der Waals surface area contributed by atoms with Gasteiger partial charge in [0.1, 0.15) is 0 Å². The van der Waals surface area contributed by atoms with E-state index >= 15 is 0 Å². The third kappa shape index (κ3) is 6.19. The van der Waals surface area contributed by atoms with Crippen molar-refractivity contribution in [2.24, 2.45) is 0 Å². The van der Waals surface area contributed by atoms with Crippen LogP contribution in [0.15, 0.2) is 84.9 Å². The quantitative estimate of drug-likeness (QED) is 0.197. The lowest BCUT2D eigenvalue weighted by Crippen LogP contribution is -1.98. The van der Waals surface area contributed by atoms with Gasteiger partial charge in [-0.1, -0.05) is 93.9 Å². The molecule has 0 saturated carbocycles. The van der Waals surface area contributed by atoms with Crippen LogP contribution in [0.25, 0.3) is 33.6 Å². The Morgan fingerprint density at radius 2 is 1.02 bits per heavy atom. The van der Waals surface area contributed by atoms with E-state index in [1.165, 1.54) is 66.9 Å². The minimum Gasteiger partial charge on any atom is -0.355 e. The number of benzene rings is 4. The van der Waals surface area contributed by atoms with Crippen LogP contribution in [0.1, 0.15) is 66.6 Å². The lowest BCUT2D eigenvalue weighted by atomic mass is 9.93. The van der Waals surface area contributed by atoms with Crippen LogP contribution in [0.2, 0.25) is 0 Å². The molecule has 1 heterocycles. The molecule has 5 rings (SSSR count). The second kappa shape index (κ2) is 12.8. The molecule has 0 aliphatic carbocycles. The standard InChI is InChI=1S/C40H44N2/c1-8-29-12-18-36(31(10-3)22-29)38-24-34(25-39(42-38)37-19-13-30(9-2)23-32(37)11-4)33-14-16-35(17-15-33)41-40-27(6)20-26(5)21-28(40)7/h12-25,41H,8-11H2,1-7H3. The number of hydrogen-bond acceptors (Lipinski definition) is 2. The molecule has 5 aromatic rings. The summed E-state index contributed by atoms with van der Waals surface area (Å²) >= 11 is 0. The lowest BCUT2D eigenvalue weighted by molar-refractivity contribution is 1.08. The molecule has 1 N–H and O–H groups in total. The Hall–Kier alpha value is -4.17. The van der Waals surface area contributed by atoms with Crippen LogP contribution >= 0.6 is 0 Å². The van der Waals surface area contributed by atoms with Crippen molar-refractivity contribution in [3.63, 3.8) is 0 Å². The summed E-state index contributed by atoms with van der Waals surface area (Å²) < 4.78 is 0. The van der Waals surface area contributed by atoms with Gasteiger partial charge in [0.05, 0.1) is 11.4 Å². The van der Waals surface area contributed by atoms with Crippen molar-refractivity contribution in [3.8, 4) is 33.6 Å². The maximum absolute atomic E-state index is 5.32. The number of anilines is 2. The molecule has 0 amide bonds. The van der Waals surface area contributed by atoms with Crippen LogP contribution in [-0.2, 0) is 25.7 Å². The monoisotopic (exact) mass is 552 g/mol. The number of rotatable bonds is 9. The summed E-state index contributed by atoms with van der Waals surface area (Å²) in [4.78, 5) is 5.32. The van der Waals surface area contributed by atoms with E-state index in [1.807, 2.05) is 0 Å². The topological polar surface area (TPSA) is 24.9 Å². The fourth-order valence-corrected chi connectivity index (χ4v) is 6.06. The van der Waals surface area contributed by atoms with E-state index in [2.05, 4.69) is 139 Å². The fraction of sp³-hybridized carbons (Fsp3) is 0.275. The zero-order valence-electron chi connectivity index (χ0n) is 26.4. The molecule has 0 unspecified atom stereocenters. The van der Waals surface area contributed by atoms with Gasteiger partial charge >= 0.3 is 0 Å². The molecule has 0 atom stereocenters. The Morgan fingerprint density at radius 1 is 0.524 bits per heavy atom. The minimum atomic E-state index is 0.980. The average molecular weight is 553 g/mol. The predicted molar refractivity (Wildman–Crippen MR) is 182 cm³/mol. The molecule has 2 heteroatoms. The first-order valence-electron chi connectivity index (χ1n) is 15.5. The van der Waals surface area contributed by atoms with Crippen molar-refractivity contribution < 1.29 is 0 Å². The molecule has 0 fully saturated rings. The van der Waals surface area contributed by atoms with E-state index in [0.717, 1.165) is 42.8 Å². The maximum atomic E-state index is 5.32. The Balaban J connectivity index is 1.61. The fourth-order valence-electron chi connectivity index (χ4n) is 6.06. The van der Waals surface area contributed by atoms with Crippen LogP contribution in [0.4, 0.5) is 11.4 Å². The highest BCUT2D eigenvalue weighted by Crippen LogP contribution is 2.35. The molecule has 2 nitrogen and oxygen atoms in total. The van der Waals surface area contributed by atoms with Gasteiger partial charge in [-0.15, -0.1) is 0 Å². The second-order valence-corrected chi connectivity index (χ2v) is 11.5. The maximum Gasteiger partial charge on any atom is 0.0718 e. The molecule has 0 saturated heterocycles. The largest absolute Gasteiger partial charge is 0.355 e. The summed E-state index contributed by atoms with van der Waals surface area (Å²) in [7, 11) is 0. The van der Waals surface area contributed by atoms with Gasteiger partial charge in [-0.3, -0.25) is 0 Å². The molecule has 0 bridgehead atoms. The lowest BCUT2D eigenvalue weighted by Gasteiger charge is -2.16. The number of nitrogens with zero attached hydrogens (tertiary/aromatic N) is 1. The van der Waals surface area contributed by atoms with Gasteiger partial charge in [0.25, 0.3) is 0 Å². The van der Waals surface area contributed by atoms with Crippen LogP contribution in [0.5, 0.6) is 0 Å².